The molecule has 220 valence electrons. The molecule has 5 heteroatoms. The van der Waals surface area contributed by atoms with Crippen LogP contribution in [-0.4, -0.2) is 19.1 Å². The van der Waals surface area contributed by atoms with Gasteiger partial charge in [0.1, 0.15) is 0 Å². The lowest BCUT2D eigenvalue weighted by molar-refractivity contribution is 1.02. The van der Waals surface area contributed by atoms with E-state index in [0.717, 1.165) is 49.8 Å². The van der Waals surface area contributed by atoms with Crippen molar-refractivity contribution >= 4 is 65.7 Å². The molecule has 4 aromatic heterocycles. The molecule has 0 radical (unpaired) electrons. The van der Waals surface area contributed by atoms with Gasteiger partial charge in [0.25, 0.3) is 0 Å². The van der Waals surface area contributed by atoms with Crippen LogP contribution >= 0.6 is 11.3 Å². The molecule has 0 atom stereocenters. The van der Waals surface area contributed by atoms with Crippen LogP contribution in [0, 0.1) is 0 Å². The largest absolute Gasteiger partial charge is 0.316 e. The number of thiophene rings is 1. The number of hydrogen-bond donors (Lipinski definition) is 0. The molecule has 0 saturated heterocycles. The fourth-order valence-electron chi connectivity index (χ4n) is 7.18. The minimum atomic E-state index is 0.674. The lowest BCUT2D eigenvalue weighted by atomic mass is 9.96. The molecule has 0 unspecified atom stereocenters. The molecule has 0 aliphatic heterocycles. The van der Waals surface area contributed by atoms with Crippen LogP contribution < -0.4 is 0 Å². The number of rotatable bonds is 4. The molecule has 10 rings (SSSR count). The van der Waals surface area contributed by atoms with Gasteiger partial charge in [0.05, 0.1) is 27.8 Å². The standard InChI is InChI=1S/C42H26N4S/c1-2-14-30(15-3-1)45-23-22-35-38(45)21-20-34-33-17-6-7-19-39(33)46(41(34)35)42-43-37-26-47-25-36(37)40(44-42)29-13-8-12-28(24-29)32-18-9-11-27-10-4-5-16-31(27)32/h1-26H. The summed E-state index contributed by atoms with van der Waals surface area (Å²) in [5.74, 6) is 0.674. The van der Waals surface area contributed by atoms with Gasteiger partial charge < -0.3 is 4.57 Å². The first-order valence-corrected chi connectivity index (χ1v) is 16.7. The van der Waals surface area contributed by atoms with Gasteiger partial charge in [-0.05, 0) is 58.3 Å². The minimum Gasteiger partial charge on any atom is -0.316 e. The number of para-hydroxylation sites is 2. The number of nitrogens with zero attached hydrogens (tertiary/aromatic N) is 4. The summed E-state index contributed by atoms with van der Waals surface area (Å²) in [6.45, 7) is 0. The number of aromatic nitrogens is 4. The topological polar surface area (TPSA) is 35.6 Å². The Kier molecular flexibility index (Phi) is 5.71. The predicted octanol–water partition coefficient (Wildman–Crippen LogP) is 11.2. The Morgan fingerprint density at radius 1 is 0.511 bits per heavy atom. The molecule has 0 saturated carbocycles. The summed E-state index contributed by atoms with van der Waals surface area (Å²) in [5.41, 5.74) is 9.83. The Balaban J connectivity index is 1.23. The Bertz CT molecular complexity index is 2800. The molecular formula is C42H26N4S. The normalized spacial score (nSPS) is 11.8. The molecule has 0 aliphatic carbocycles. The van der Waals surface area contributed by atoms with Crippen molar-refractivity contribution in [2.24, 2.45) is 0 Å². The predicted molar refractivity (Wildman–Crippen MR) is 197 cm³/mol. The second kappa shape index (κ2) is 10.2. The third-order valence-electron chi connectivity index (χ3n) is 9.30. The zero-order chi connectivity index (χ0) is 30.9. The van der Waals surface area contributed by atoms with Gasteiger partial charge in [-0.1, -0.05) is 103 Å². The van der Waals surface area contributed by atoms with E-state index in [0.29, 0.717) is 5.95 Å². The summed E-state index contributed by atoms with van der Waals surface area (Å²) in [6, 6.07) is 49.7. The van der Waals surface area contributed by atoms with E-state index in [1.54, 1.807) is 11.3 Å². The highest BCUT2D eigenvalue weighted by atomic mass is 32.1. The number of fused-ring (bicyclic) bond motifs is 7. The summed E-state index contributed by atoms with van der Waals surface area (Å²) in [7, 11) is 0. The molecule has 0 bridgehead atoms. The fourth-order valence-corrected chi connectivity index (χ4v) is 7.92. The van der Waals surface area contributed by atoms with Crippen LogP contribution in [0.2, 0.25) is 0 Å². The average molecular weight is 619 g/mol. The van der Waals surface area contributed by atoms with Crippen molar-refractivity contribution in [2.75, 3.05) is 0 Å². The zero-order valence-corrected chi connectivity index (χ0v) is 26.0. The summed E-state index contributed by atoms with van der Waals surface area (Å²) >= 11 is 1.67. The van der Waals surface area contributed by atoms with Crippen molar-refractivity contribution in [2.45, 2.75) is 0 Å². The van der Waals surface area contributed by atoms with Crippen molar-refractivity contribution in [3.63, 3.8) is 0 Å². The van der Waals surface area contributed by atoms with Crippen molar-refractivity contribution in [1.29, 1.82) is 0 Å². The molecular weight excluding hydrogens is 593 g/mol. The van der Waals surface area contributed by atoms with Crippen molar-refractivity contribution in [3.8, 4) is 34.0 Å². The van der Waals surface area contributed by atoms with Crippen molar-refractivity contribution in [1.82, 2.24) is 19.1 Å². The molecule has 0 amide bonds. The van der Waals surface area contributed by atoms with E-state index >= 15 is 0 Å². The Morgan fingerprint density at radius 2 is 1.30 bits per heavy atom. The minimum absolute atomic E-state index is 0.674. The summed E-state index contributed by atoms with van der Waals surface area (Å²) < 4.78 is 4.52. The van der Waals surface area contributed by atoms with Crippen LogP contribution in [0.25, 0.3) is 88.4 Å². The quantitative estimate of drug-likeness (QED) is 0.197. The van der Waals surface area contributed by atoms with E-state index in [1.807, 2.05) is 0 Å². The van der Waals surface area contributed by atoms with Crippen LogP contribution in [0.4, 0.5) is 0 Å². The third kappa shape index (κ3) is 4.00. The fraction of sp³-hybridized carbons (Fsp3) is 0. The second-order valence-electron chi connectivity index (χ2n) is 11.9. The van der Waals surface area contributed by atoms with Crippen LogP contribution in [0.1, 0.15) is 0 Å². The van der Waals surface area contributed by atoms with Gasteiger partial charge in [0, 0.05) is 49.8 Å². The van der Waals surface area contributed by atoms with E-state index in [2.05, 4.69) is 166 Å². The number of benzene rings is 6. The summed E-state index contributed by atoms with van der Waals surface area (Å²) in [6.07, 6.45) is 2.16. The first-order chi connectivity index (χ1) is 23.3. The maximum atomic E-state index is 5.41. The van der Waals surface area contributed by atoms with Crippen LogP contribution in [0.15, 0.2) is 156 Å². The number of hydrogen-bond acceptors (Lipinski definition) is 3. The average Bonchev–Trinajstić information content (AvgIpc) is 3.87. The molecule has 0 aliphatic rings. The molecule has 6 aromatic carbocycles. The van der Waals surface area contributed by atoms with Crippen molar-refractivity contribution in [3.05, 3.63) is 156 Å². The second-order valence-corrected chi connectivity index (χ2v) is 12.7. The van der Waals surface area contributed by atoms with Gasteiger partial charge in [0.2, 0.25) is 5.95 Å². The van der Waals surface area contributed by atoms with E-state index in [9.17, 15) is 0 Å². The monoisotopic (exact) mass is 618 g/mol. The first kappa shape index (κ1) is 26.2. The highest BCUT2D eigenvalue weighted by Gasteiger charge is 2.20. The molecule has 0 spiro atoms. The van der Waals surface area contributed by atoms with E-state index in [-0.39, 0.29) is 0 Å². The SMILES string of the molecule is c1ccc(-n2ccc3c2ccc2c4ccccc4n(-c4nc(-c5cccc(-c6cccc7ccccc67)c5)c5cscc5n4)c23)cc1. The smallest absolute Gasteiger partial charge is 0.235 e. The van der Waals surface area contributed by atoms with E-state index in [4.69, 9.17) is 9.97 Å². The Morgan fingerprint density at radius 3 is 2.23 bits per heavy atom. The highest BCUT2D eigenvalue weighted by Crippen LogP contribution is 2.39. The molecule has 10 aromatic rings. The molecule has 0 N–H and O–H groups in total. The van der Waals surface area contributed by atoms with Gasteiger partial charge in [-0.2, -0.15) is 0 Å². The summed E-state index contributed by atoms with van der Waals surface area (Å²) in [4.78, 5) is 10.6. The molecule has 4 nitrogen and oxygen atoms in total. The molecule has 0 fully saturated rings. The zero-order valence-electron chi connectivity index (χ0n) is 25.2. The lowest BCUT2D eigenvalue weighted by Gasteiger charge is -2.12. The third-order valence-corrected chi connectivity index (χ3v) is 10.0. The Hall–Kier alpha value is -6.04. The lowest BCUT2D eigenvalue weighted by Crippen LogP contribution is -2.03. The van der Waals surface area contributed by atoms with Crippen molar-refractivity contribution < 1.29 is 0 Å². The Labute approximate surface area is 274 Å². The van der Waals surface area contributed by atoms with Crippen LogP contribution in [0.3, 0.4) is 0 Å². The molecule has 4 heterocycles. The van der Waals surface area contributed by atoms with E-state index < -0.39 is 0 Å². The van der Waals surface area contributed by atoms with Crippen LogP contribution in [0.5, 0.6) is 0 Å². The van der Waals surface area contributed by atoms with Gasteiger partial charge >= 0.3 is 0 Å². The molecule has 47 heavy (non-hydrogen) atoms. The summed E-state index contributed by atoms with van der Waals surface area (Å²) in [5, 5.41) is 11.4. The maximum absolute atomic E-state index is 5.41. The van der Waals surface area contributed by atoms with Crippen LogP contribution in [-0.2, 0) is 0 Å². The van der Waals surface area contributed by atoms with Gasteiger partial charge in [-0.15, -0.1) is 11.3 Å². The van der Waals surface area contributed by atoms with Gasteiger partial charge in [-0.25, -0.2) is 9.97 Å². The van der Waals surface area contributed by atoms with Gasteiger partial charge in [-0.3, -0.25) is 4.57 Å². The maximum Gasteiger partial charge on any atom is 0.235 e. The van der Waals surface area contributed by atoms with E-state index in [1.165, 1.54) is 32.7 Å². The van der Waals surface area contributed by atoms with Gasteiger partial charge in [0.15, 0.2) is 0 Å². The highest BCUT2D eigenvalue weighted by molar-refractivity contribution is 7.09. The first-order valence-electron chi connectivity index (χ1n) is 15.7.